The lowest BCUT2D eigenvalue weighted by Gasteiger charge is -2.19. The molecule has 0 bridgehead atoms. The molecule has 1 aromatic heterocycles. The highest BCUT2D eigenvalue weighted by Crippen LogP contribution is 2.29. The molecule has 0 radical (unpaired) electrons. The van der Waals surface area contributed by atoms with Crippen molar-refractivity contribution in [2.45, 2.75) is 25.8 Å². The number of hydrogen-bond acceptors (Lipinski definition) is 4. The van der Waals surface area contributed by atoms with Crippen LogP contribution in [-0.4, -0.2) is 29.2 Å². The van der Waals surface area contributed by atoms with Crippen molar-refractivity contribution in [2.24, 2.45) is 7.05 Å². The number of unbranched alkanes of at least 4 members (excludes halogenated alkanes) is 1. The Hall–Kier alpha value is -3.28. The third-order valence-corrected chi connectivity index (χ3v) is 4.71. The number of nitrogens with zero attached hydrogens (tertiary/aromatic N) is 2. The van der Waals surface area contributed by atoms with E-state index in [0.717, 1.165) is 24.2 Å². The van der Waals surface area contributed by atoms with Crippen LogP contribution in [0.3, 0.4) is 0 Å². The number of benzene rings is 2. The minimum absolute atomic E-state index is 0.208. The van der Waals surface area contributed by atoms with E-state index in [4.69, 9.17) is 9.47 Å². The van der Waals surface area contributed by atoms with Crippen LogP contribution in [-0.2, 0) is 7.05 Å². The maximum Gasteiger partial charge on any atom is 0.252 e. The highest BCUT2D eigenvalue weighted by Gasteiger charge is 2.22. The van der Waals surface area contributed by atoms with Crippen molar-refractivity contribution in [1.29, 1.82) is 0 Å². The van der Waals surface area contributed by atoms with Crippen molar-refractivity contribution in [3.05, 3.63) is 77.9 Å². The van der Waals surface area contributed by atoms with Crippen LogP contribution < -0.4 is 14.8 Å². The average Bonchev–Trinajstić information content (AvgIpc) is 3.18. The molecule has 0 aliphatic carbocycles. The fourth-order valence-corrected chi connectivity index (χ4v) is 3.07. The molecule has 1 unspecified atom stereocenters. The van der Waals surface area contributed by atoms with E-state index in [0.29, 0.717) is 23.7 Å². The highest BCUT2D eigenvalue weighted by atomic mass is 16.5. The molecule has 6 heteroatoms. The van der Waals surface area contributed by atoms with Crippen LogP contribution in [0.4, 0.5) is 0 Å². The smallest absolute Gasteiger partial charge is 0.252 e. The summed E-state index contributed by atoms with van der Waals surface area (Å²) in [4.78, 5) is 17.5. The van der Waals surface area contributed by atoms with Crippen molar-refractivity contribution in [1.82, 2.24) is 14.9 Å². The minimum atomic E-state index is -0.366. The summed E-state index contributed by atoms with van der Waals surface area (Å²) in [5.74, 6) is 1.74. The molecule has 0 saturated heterocycles. The molecule has 29 heavy (non-hydrogen) atoms. The largest absolute Gasteiger partial charge is 0.493 e. The quantitative estimate of drug-likeness (QED) is 0.555. The fraction of sp³-hybridized carbons (Fsp3) is 0.304. The first kappa shape index (κ1) is 20.5. The Kier molecular flexibility index (Phi) is 6.89. The van der Waals surface area contributed by atoms with Crippen molar-refractivity contribution in [2.75, 3.05) is 13.7 Å². The number of nitrogens with one attached hydrogen (secondary N) is 1. The molecule has 6 nitrogen and oxygen atoms in total. The molecule has 0 aliphatic heterocycles. The lowest BCUT2D eigenvalue weighted by atomic mass is 10.1. The highest BCUT2D eigenvalue weighted by molar-refractivity contribution is 5.95. The summed E-state index contributed by atoms with van der Waals surface area (Å²) in [5, 5.41) is 3.10. The summed E-state index contributed by atoms with van der Waals surface area (Å²) in [6, 6.07) is 14.7. The van der Waals surface area contributed by atoms with Gasteiger partial charge >= 0.3 is 0 Å². The van der Waals surface area contributed by atoms with Crippen LogP contribution in [0.1, 0.15) is 47.6 Å². The molecular weight excluding hydrogens is 366 g/mol. The molecule has 1 atom stereocenters. The van der Waals surface area contributed by atoms with E-state index >= 15 is 0 Å². The Bertz CT molecular complexity index is 938. The van der Waals surface area contributed by atoms with Gasteiger partial charge in [-0.2, -0.15) is 0 Å². The third kappa shape index (κ3) is 4.96. The maximum absolute atomic E-state index is 13.0. The molecule has 1 amide bonds. The molecule has 0 saturated carbocycles. The molecule has 1 heterocycles. The number of hydrogen-bond donors (Lipinski definition) is 1. The van der Waals surface area contributed by atoms with Gasteiger partial charge in [-0.3, -0.25) is 4.79 Å². The monoisotopic (exact) mass is 393 g/mol. The Morgan fingerprint density at radius 2 is 1.97 bits per heavy atom. The van der Waals surface area contributed by atoms with Crippen molar-refractivity contribution in [3.8, 4) is 11.5 Å². The molecular formula is C23H27N3O3. The zero-order chi connectivity index (χ0) is 20.6. The van der Waals surface area contributed by atoms with E-state index in [1.54, 1.807) is 31.5 Å². The summed E-state index contributed by atoms with van der Waals surface area (Å²) in [5.41, 5.74) is 1.46. The van der Waals surface area contributed by atoms with E-state index in [-0.39, 0.29) is 11.9 Å². The van der Waals surface area contributed by atoms with Crippen LogP contribution in [0, 0.1) is 0 Å². The second-order valence-corrected chi connectivity index (χ2v) is 6.78. The standard InChI is InChI=1S/C23H27N3O3/c1-4-5-15-29-19-12-11-18(16-20(19)28-3)23(27)25-21(17-9-7-6-8-10-17)22-24-13-14-26(22)2/h6-14,16,21H,4-5,15H2,1-3H3,(H,25,27). The molecule has 2 aromatic carbocycles. The zero-order valence-corrected chi connectivity index (χ0v) is 17.1. The number of aromatic nitrogens is 2. The first-order chi connectivity index (χ1) is 14.1. The number of carbonyl (C=O) groups is 1. The van der Waals surface area contributed by atoms with Gasteiger partial charge in [0.05, 0.1) is 13.7 Å². The van der Waals surface area contributed by atoms with Crippen LogP contribution in [0.15, 0.2) is 60.9 Å². The lowest BCUT2D eigenvalue weighted by molar-refractivity contribution is 0.0940. The van der Waals surface area contributed by atoms with Gasteiger partial charge in [0.15, 0.2) is 11.5 Å². The fourth-order valence-electron chi connectivity index (χ4n) is 3.07. The van der Waals surface area contributed by atoms with E-state index in [1.165, 1.54) is 0 Å². The number of aryl methyl sites for hydroxylation is 1. The van der Waals surface area contributed by atoms with Gasteiger partial charge in [0.25, 0.3) is 5.91 Å². The molecule has 0 spiro atoms. The number of ether oxygens (including phenoxy) is 2. The third-order valence-electron chi connectivity index (χ3n) is 4.71. The van der Waals surface area contributed by atoms with Gasteiger partial charge in [0, 0.05) is 25.0 Å². The molecule has 3 aromatic rings. The zero-order valence-electron chi connectivity index (χ0n) is 17.1. The van der Waals surface area contributed by atoms with Gasteiger partial charge in [0.1, 0.15) is 11.9 Å². The first-order valence-corrected chi connectivity index (χ1v) is 9.78. The number of imidazole rings is 1. The predicted octanol–water partition coefficient (Wildman–Crippen LogP) is 4.13. The van der Waals surface area contributed by atoms with E-state index in [1.807, 2.05) is 48.1 Å². The summed E-state index contributed by atoms with van der Waals surface area (Å²) in [6.45, 7) is 2.73. The van der Waals surface area contributed by atoms with Crippen LogP contribution in [0.25, 0.3) is 0 Å². The van der Waals surface area contributed by atoms with Gasteiger partial charge in [-0.25, -0.2) is 4.98 Å². The number of carbonyl (C=O) groups excluding carboxylic acids is 1. The second kappa shape index (κ2) is 9.78. The minimum Gasteiger partial charge on any atom is -0.493 e. The first-order valence-electron chi connectivity index (χ1n) is 9.78. The lowest BCUT2D eigenvalue weighted by Crippen LogP contribution is -2.31. The van der Waals surface area contributed by atoms with Gasteiger partial charge in [-0.15, -0.1) is 0 Å². The number of amides is 1. The molecule has 1 N–H and O–H groups in total. The topological polar surface area (TPSA) is 65.4 Å². The molecule has 152 valence electrons. The SMILES string of the molecule is CCCCOc1ccc(C(=O)NC(c2ccccc2)c2nccn2C)cc1OC. The summed E-state index contributed by atoms with van der Waals surface area (Å²) >= 11 is 0. The van der Waals surface area contributed by atoms with E-state index in [2.05, 4.69) is 17.2 Å². The van der Waals surface area contributed by atoms with E-state index in [9.17, 15) is 4.79 Å². The van der Waals surface area contributed by atoms with Gasteiger partial charge in [0.2, 0.25) is 0 Å². The second-order valence-electron chi connectivity index (χ2n) is 6.78. The Labute approximate surface area is 171 Å². The Morgan fingerprint density at radius 3 is 2.62 bits per heavy atom. The number of rotatable bonds is 9. The predicted molar refractivity (Wildman–Crippen MR) is 112 cm³/mol. The van der Waals surface area contributed by atoms with Gasteiger partial charge in [-0.1, -0.05) is 43.7 Å². The average molecular weight is 393 g/mol. The normalized spacial score (nSPS) is 11.7. The summed E-state index contributed by atoms with van der Waals surface area (Å²) in [7, 11) is 3.49. The van der Waals surface area contributed by atoms with Crippen molar-refractivity contribution < 1.29 is 14.3 Å². The molecule has 3 rings (SSSR count). The van der Waals surface area contributed by atoms with Crippen molar-refractivity contribution in [3.63, 3.8) is 0 Å². The molecule has 0 aliphatic rings. The van der Waals surface area contributed by atoms with Crippen LogP contribution in [0.2, 0.25) is 0 Å². The number of methoxy groups -OCH3 is 1. The van der Waals surface area contributed by atoms with E-state index < -0.39 is 0 Å². The van der Waals surface area contributed by atoms with Gasteiger partial charge < -0.3 is 19.4 Å². The summed E-state index contributed by atoms with van der Waals surface area (Å²) < 4.78 is 13.1. The van der Waals surface area contributed by atoms with Gasteiger partial charge in [-0.05, 0) is 30.2 Å². The molecule has 0 fully saturated rings. The van der Waals surface area contributed by atoms with Crippen molar-refractivity contribution >= 4 is 5.91 Å². The Morgan fingerprint density at radius 1 is 1.17 bits per heavy atom. The van der Waals surface area contributed by atoms with Crippen LogP contribution in [0.5, 0.6) is 11.5 Å². The van der Waals surface area contributed by atoms with Crippen LogP contribution >= 0.6 is 0 Å². The maximum atomic E-state index is 13.0. The summed E-state index contributed by atoms with van der Waals surface area (Å²) in [6.07, 6.45) is 5.61. The Balaban J connectivity index is 1.84.